The lowest BCUT2D eigenvalue weighted by Crippen LogP contribution is -2.06. The molecule has 27 heavy (non-hydrogen) atoms. The number of unbranched alkanes of at least 4 members (excludes halogenated alkanes) is 6. The van der Waals surface area contributed by atoms with E-state index in [1.807, 2.05) is 18.2 Å². The Morgan fingerprint density at radius 1 is 1.07 bits per heavy atom. The van der Waals surface area contributed by atoms with Gasteiger partial charge in [0.25, 0.3) is 0 Å². The molecule has 0 saturated heterocycles. The maximum absolute atomic E-state index is 14.1. The zero-order chi connectivity index (χ0) is 19.6. The van der Waals surface area contributed by atoms with E-state index in [1.165, 1.54) is 44.6 Å². The van der Waals surface area contributed by atoms with E-state index in [0.29, 0.717) is 16.3 Å². The predicted molar refractivity (Wildman–Crippen MR) is 109 cm³/mol. The molecule has 0 aliphatic heterocycles. The summed E-state index contributed by atoms with van der Waals surface area (Å²) in [4.78, 5) is 14.6. The van der Waals surface area contributed by atoms with Gasteiger partial charge in [-0.1, -0.05) is 63.1 Å². The highest BCUT2D eigenvalue weighted by molar-refractivity contribution is 6.33. The van der Waals surface area contributed by atoms with Crippen LogP contribution in [0.1, 0.15) is 74.8 Å². The molecule has 2 rings (SSSR count). The number of ether oxygens (including phenoxy) is 1. The number of H-pyrrole nitrogens is 1. The van der Waals surface area contributed by atoms with Crippen molar-refractivity contribution < 1.29 is 13.9 Å². The van der Waals surface area contributed by atoms with Gasteiger partial charge in [0, 0.05) is 16.7 Å². The van der Waals surface area contributed by atoms with E-state index < -0.39 is 11.8 Å². The SMILES string of the molecule is CCCCCCCCCc1ccc(Cl)c(-c2cc(F)c(C(=O)OCC)[nH]2)c1. The summed E-state index contributed by atoms with van der Waals surface area (Å²) in [6, 6.07) is 7.11. The van der Waals surface area contributed by atoms with Gasteiger partial charge in [0.15, 0.2) is 11.5 Å². The third-order valence-corrected chi connectivity index (χ3v) is 4.97. The summed E-state index contributed by atoms with van der Waals surface area (Å²) < 4.78 is 19.0. The van der Waals surface area contributed by atoms with Crippen LogP contribution in [-0.2, 0) is 11.2 Å². The van der Waals surface area contributed by atoms with E-state index in [9.17, 15) is 9.18 Å². The number of hydrogen-bond acceptors (Lipinski definition) is 2. The van der Waals surface area contributed by atoms with Crippen molar-refractivity contribution in [2.45, 2.75) is 65.2 Å². The number of rotatable bonds is 11. The Labute approximate surface area is 166 Å². The van der Waals surface area contributed by atoms with Crippen LogP contribution in [0, 0.1) is 5.82 Å². The average molecular weight is 394 g/mol. The molecule has 5 heteroatoms. The Bertz CT molecular complexity index is 742. The van der Waals surface area contributed by atoms with Gasteiger partial charge in [0.1, 0.15) is 0 Å². The highest BCUT2D eigenvalue weighted by atomic mass is 35.5. The van der Waals surface area contributed by atoms with E-state index >= 15 is 0 Å². The lowest BCUT2D eigenvalue weighted by atomic mass is 10.0. The molecular weight excluding hydrogens is 365 g/mol. The van der Waals surface area contributed by atoms with E-state index in [2.05, 4.69) is 11.9 Å². The number of carbonyl (C=O) groups excluding carboxylic acids is 1. The topological polar surface area (TPSA) is 42.1 Å². The molecule has 0 spiro atoms. The molecule has 1 aromatic carbocycles. The summed E-state index contributed by atoms with van der Waals surface area (Å²) in [6.45, 7) is 4.11. The number of benzene rings is 1. The summed E-state index contributed by atoms with van der Waals surface area (Å²) in [7, 11) is 0. The highest BCUT2D eigenvalue weighted by Crippen LogP contribution is 2.30. The number of esters is 1. The molecule has 0 fully saturated rings. The molecule has 1 N–H and O–H groups in total. The maximum atomic E-state index is 14.1. The molecule has 0 aliphatic carbocycles. The summed E-state index contributed by atoms with van der Waals surface area (Å²) in [5.41, 5.74) is 2.18. The number of aromatic amines is 1. The monoisotopic (exact) mass is 393 g/mol. The van der Waals surface area contributed by atoms with Gasteiger partial charge in [-0.05, 0) is 37.5 Å². The van der Waals surface area contributed by atoms with Crippen molar-refractivity contribution in [3.63, 3.8) is 0 Å². The first-order valence-corrected chi connectivity index (χ1v) is 10.3. The number of halogens is 2. The van der Waals surface area contributed by atoms with Crippen molar-refractivity contribution in [2.75, 3.05) is 6.61 Å². The fourth-order valence-electron chi connectivity index (χ4n) is 3.15. The van der Waals surface area contributed by atoms with E-state index in [4.69, 9.17) is 16.3 Å². The second-order valence-electron chi connectivity index (χ2n) is 6.81. The number of hydrogen-bond donors (Lipinski definition) is 1. The molecule has 0 unspecified atom stereocenters. The van der Waals surface area contributed by atoms with Crippen molar-refractivity contribution >= 4 is 17.6 Å². The van der Waals surface area contributed by atoms with E-state index in [1.54, 1.807) is 6.92 Å². The Hall–Kier alpha value is -1.81. The minimum atomic E-state index is -0.698. The minimum Gasteiger partial charge on any atom is -0.461 e. The van der Waals surface area contributed by atoms with Gasteiger partial charge in [0.2, 0.25) is 0 Å². The van der Waals surface area contributed by atoms with Crippen LogP contribution in [0.5, 0.6) is 0 Å². The van der Waals surface area contributed by atoms with Crippen LogP contribution in [0.15, 0.2) is 24.3 Å². The van der Waals surface area contributed by atoms with E-state index in [0.717, 1.165) is 18.4 Å². The number of aryl methyl sites for hydroxylation is 1. The first kappa shape index (κ1) is 21.5. The maximum Gasteiger partial charge on any atom is 0.357 e. The van der Waals surface area contributed by atoms with Crippen LogP contribution < -0.4 is 0 Å². The molecule has 0 atom stereocenters. The third-order valence-electron chi connectivity index (χ3n) is 4.64. The van der Waals surface area contributed by atoms with Crippen LogP contribution >= 0.6 is 11.6 Å². The van der Waals surface area contributed by atoms with Crippen molar-refractivity contribution in [3.8, 4) is 11.3 Å². The molecule has 3 nitrogen and oxygen atoms in total. The standard InChI is InChI=1S/C22H29ClFNO2/c1-3-5-6-7-8-9-10-11-16-12-13-18(23)17(14-16)20-15-19(24)21(25-20)22(26)27-4-2/h12-15,25H,3-11H2,1-2H3. The average Bonchev–Trinajstić information content (AvgIpc) is 3.04. The van der Waals surface area contributed by atoms with Crippen LogP contribution in [0.3, 0.4) is 0 Å². The largest absolute Gasteiger partial charge is 0.461 e. The van der Waals surface area contributed by atoms with Gasteiger partial charge in [0.05, 0.1) is 12.3 Å². The van der Waals surface area contributed by atoms with Gasteiger partial charge in [-0.25, -0.2) is 9.18 Å². The third kappa shape index (κ3) is 6.39. The molecular formula is C22H29ClFNO2. The Balaban J connectivity index is 2.01. The van der Waals surface area contributed by atoms with Gasteiger partial charge in [-0.15, -0.1) is 0 Å². The smallest absolute Gasteiger partial charge is 0.357 e. The normalized spacial score (nSPS) is 11.0. The van der Waals surface area contributed by atoms with Crippen LogP contribution in [0.2, 0.25) is 5.02 Å². The summed E-state index contributed by atoms with van der Waals surface area (Å²) in [6.07, 6.45) is 9.79. The van der Waals surface area contributed by atoms with Gasteiger partial charge < -0.3 is 9.72 Å². The molecule has 0 bridgehead atoms. The van der Waals surface area contributed by atoms with Gasteiger partial charge in [-0.3, -0.25) is 0 Å². The van der Waals surface area contributed by atoms with Crippen molar-refractivity contribution in [1.29, 1.82) is 0 Å². The number of carbonyl (C=O) groups is 1. The molecule has 1 aromatic heterocycles. The molecule has 2 aromatic rings. The van der Waals surface area contributed by atoms with Gasteiger partial charge >= 0.3 is 5.97 Å². The lowest BCUT2D eigenvalue weighted by molar-refractivity contribution is 0.0515. The summed E-state index contributed by atoms with van der Waals surface area (Å²) in [5, 5.41) is 0.523. The fraction of sp³-hybridized carbons (Fsp3) is 0.500. The fourth-order valence-corrected chi connectivity index (χ4v) is 3.37. The second kappa shape index (κ2) is 11.1. The minimum absolute atomic E-state index is 0.166. The van der Waals surface area contributed by atoms with Crippen molar-refractivity contribution in [1.82, 2.24) is 4.98 Å². The molecule has 0 radical (unpaired) electrons. The first-order valence-electron chi connectivity index (χ1n) is 9.91. The lowest BCUT2D eigenvalue weighted by Gasteiger charge is -2.07. The van der Waals surface area contributed by atoms with Crippen LogP contribution in [-0.4, -0.2) is 17.6 Å². The summed E-state index contributed by atoms with van der Waals surface area (Å²) in [5.74, 6) is -1.33. The van der Waals surface area contributed by atoms with Gasteiger partial charge in [-0.2, -0.15) is 0 Å². The predicted octanol–water partition coefficient (Wildman–Crippen LogP) is 6.94. The molecule has 0 aliphatic rings. The molecule has 1 heterocycles. The summed E-state index contributed by atoms with van der Waals surface area (Å²) >= 11 is 6.31. The molecule has 0 amide bonds. The van der Waals surface area contributed by atoms with E-state index in [-0.39, 0.29) is 12.3 Å². The van der Waals surface area contributed by atoms with Crippen molar-refractivity contribution in [2.24, 2.45) is 0 Å². The zero-order valence-electron chi connectivity index (χ0n) is 16.2. The van der Waals surface area contributed by atoms with Crippen LogP contribution in [0.4, 0.5) is 4.39 Å². The number of aromatic nitrogens is 1. The molecule has 148 valence electrons. The Morgan fingerprint density at radius 3 is 2.48 bits per heavy atom. The number of nitrogens with one attached hydrogen (secondary N) is 1. The highest BCUT2D eigenvalue weighted by Gasteiger charge is 2.18. The quantitative estimate of drug-likeness (QED) is 0.331. The first-order chi connectivity index (χ1) is 13.1. The van der Waals surface area contributed by atoms with Crippen LogP contribution in [0.25, 0.3) is 11.3 Å². The van der Waals surface area contributed by atoms with Crippen molar-refractivity contribution in [3.05, 3.63) is 46.4 Å². The Kier molecular flexibility index (Phi) is 8.86. The second-order valence-corrected chi connectivity index (χ2v) is 7.22. The molecule has 0 saturated carbocycles. The Morgan fingerprint density at radius 2 is 1.78 bits per heavy atom. The zero-order valence-corrected chi connectivity index (χ0v) is 17.0.